The van der Waals surface area contributed by atoms with Crippen molar-refractivity contribution in [3.8, 4) is 0 Å². The first-order valence-electron chi connectivity index (χ1n) is 2.91. The maximum atomic E-state index is 10.4. The van der Waals surface area contributed by atoms with Gasteiger partial charge in [0.15, 0.2) is 6.17 Å². The normalized spacial score (nSPS) is 9.20. The van der Waals surface area contributed by atoms with Crippen LogP contribution in [0.25, 0.3) is 0 Å². The van der Waals surface area contributed by atoms with Gasteiger partial charge in [-0.25, -0.2) is 0 Å². The van der Waals surface area contributed by atoms with Gasteiger partial charge in [0.2, 0.25) is 11.8 Å². The molecule has 57 valence electrons. The SMILES string of the molecule is C[C](NC(C)=O)NC(C)=O. The number of nitrogens with one attached hydrogen (secondary N) is 2. The summed E-state index contributed by atoms with van der Waals surface area (Å²) in [4.78, 5) is 20.7. The molecular weight excluding hydrogens is 132 g/mol. The highest BCUT2D eigenvalue weighted by atomic mass is 16.2. The zero-order valence-electron chi connectivity index (χ0n) is 6.32. The van der Waals surface area contributed by atoms with Crippen LogP contribution in [0.3, 0.4) is 0 Å². The van der Waals surface area contributed by atoms with Gasteiger partial charge in [0, 0.05) is 13.8 Å². The Bertz CT molecular complexity index is 129. The average molecular weight is 143 g/mol. The molecular formula is C6H11N2O2. The molecule has 0 heterocycles. The minimum atomic E-state index is -0.189. The zero-order valence-corrected chi connectivity index (χ0v) is 6.32. The largest absolute Gasteiger partial charge is 0.330 e. The highest BCUT2D eigenvalue weighted by molar-refractivity contribution is 5.77. The van der Waals surface area contributed by atoms with Crippen LogP contribution < -0.4 is 10.6 Å². The van der Waals surface area contributed by atoms with Crippen molar-refractivity contribution in [2.24, 2.45) is 0 Å². The fourth-order valence-electron chi connectivity index (χ4n) is 0.559. The molecule has 0 aliphatic heterocycles. The quantitative estimate of drug-likeness (QED) is 0.561. The van der Waals surface area contributed by atoms with E-state index in [0.29, 0.717) is 6.17 Å². The van der Waals surface area contributed by atoms with Gasteiger partial charge in [0.25, 0.3) is 0 Å². The third kappa shape index (κ3) is 5.08. The molecule has 4 heteroatoms. The summed E-state index contributed by atoms with van der Waals surface area (Å²) in [5.74, 6) is -0.377. The molecule has 0 atom stereocenters. The standard InChI is InChI=1S/C6H11N2O2/c1-4(7-5(2)9)8-6(3)10/h1-3H3,(H,7,9)(H,8,10). The molecule has 0 aliphatic carbocycles. The van der Waals surface area contributed by atoms with Crippen molar-refractivity contribution < 1.29 is 9.59 Å². The predicted octanol–water partition coefficient (Wildman–Crippen LogP) is -0.232. The van der Waals surface area contributed by atoms with Gasteiger partial charge in [-0.2, -0.15) is 0 Å². The van der Waals surface area contributed by atoms with E-state index in [1.807, 2.05) is 0 Å². The summed E-state index contributed by atoms with van der Waals surface area (Å²) < 4.78 is 0. The predicted molar refractivity (Wildman–Crippen MR) is 36.6 cm³/mol. The van der Waals surface area contributed by atoms with Gasteiger partial charge in [-0.15, -0.1) is 0 Å². The number of carbonyl (C=O) groups is 2. The summed E-state index contributed by atoms with van der Waals surface area (Å²) in [5.41, 5.74) is 0. The molecule has 10 heavy (non-hydrogen) atoms. The summed E-state index contributed by atoms with van der Waals surface area (Å²) in [6.07, 6.45) is 0.458. The molecule has 0 rings (SSSR count). The molecule has 2 N–H and O–H groups in total. The Hall–Kier alpha value is -1.06. The van der Waals surface area contributed by atoms with Crippen LogP contribution in [-0.2, 0) is 9.59 Å². The maximum absolute atomic E-state index is 10.4. The Morgan fingerprint density at radius 2 is 1.20 bits per heavy atom. The molecule has 0 saturated heterocycles. The Morgan fingerprint density at radius 1 is 0.900 bits per heavy atom. The third-order valence-electron chi connectivity index (χ3n) is 0.727. The molecule has 0 aromatic heterocycles. The van der Waals surface area contributed by atoms with Crippen LogP contribution in [0.2, 0.25) is 0 Å². The topological polar surface area (TPSA) is 58.2 Å². The van der Waals surface area contributed by atoms with Crippen molar-refractivity contribution in [1.29, 1.82) is 0 Å². The number of hydrogen-bond donors (Lipinski definition) is 2. The van der Waals surface area contributed by atoms with Gasteiger partial charge in [-0.05, 0) is 6.92 Å². The number of rotatable bonds is 2. The molecule has 0 spiro atoms. The lowest BCUT2D eigenvalue weighted by atomic mass is 10.5. The van der Waals surface area contributed by atoms with E-state index in [-0.39, 0.29) is 11.8 Å². The van der Waals surface area contributed by atoms with E-state index in [4.69, 9.17) is 0 Å². The first-order chi connectivity index (χ1) is 4.52. The fourth-order valence-corrected chi connectivity index (χ4v) is 0.559. The van der Waals surface area contributed by atoms with Crippen LogP contribution in [0.4, 0.5) is 0 Å². The van der Waals surface area contributed by atoms with Crippen molar-refractivity contribution in [3.05, 3.63) is 6.17 Å². The Balaban J connectivity index is 3.53. The van der Waals surface area contributed by atoms with Gasteiger partial charge in [-0.1, -0.05) is 0 Å². The van der Waals surface area contributed by atoms with Crippen molar-refractivity contribution in [1.82, 2.24) is 10.6 Å². The molecule has 2 amide bonds. The summed E-state index contributed by atoms with van der Waals surface area (Å²) in [6, 6.07) is 0. The van der Waals surface area contributed by atoms with Crippen molar-refractivity contribution >= 4 is 11.8 Å². The van der Waals surface area contributed by atoms with Crippen LogP contribution in [0.5, 0.6) is 0 Å². The molecule has 1 radical (unpaired) electrons. The Labute approximate surface area is 60.0 Å². The molecule has 0 fully saturated rings. The smallest absolute Gasteiger partial charge is 0.218 e. The van der Waals surface area contributed by atoms with E-state index in [0.717, 1.165) is 0 Å². The second-order valence-corrected chi connectivity index (χ2v) is 1.99. The molecule has 0 aliphatic rings. The third-order valence-corrected chi connectivity index (χ3v) is 0.727. The van der Waals surface area contributed by atoms with Gasteiger partial charge >= 0.3 is 0 Å². The second-order valence-electron chi connectivity index (χ2n) is 1.99. The molecule has 0 aromatic rings. The fraction of sp³-hybridized carbons (Fsp3) is 0.500. The average Bonchev–Trinajstić information content (AvgIpc) is 1.58. The minimum absolute atomic E-state index is 0.189. The first kappa shape index (κ1) is 8.94. The molecule has 0 saturated carbocycles. The van der Waals surface area contributed by atoms with Gasteiger partial charge < -0.3 is 10.6 Å². The van der Waals surface area contributed by atoms with Crippen LogP contribution >= 0.6 is 0 Å². The number of amides is 2. The summed E-state index contributed by atoms with van der Waals surface area (Å²) in [5, 5.41) is 4.84. The molecule has 0 bridgehead atoms. The highest BCUT2D eigenvalue weighted by Crippen LogP contribution is 1.83. The zero-order chi connectivity index (χ0) is 8.15. The molecule has 0 aromatic carbocycles. The van der Waals surface area contributed by atoms with Crippen molar-refractivity contribution in [3.63, 3.8) is 0 Å². The van der Waals surface area contributed by atoms with Gasteiger partial charge in [0.1, 0.15) is 0 Å². The van der Waals surface area contributed by atoms with Gasteiger partial charge in [-0.3, -0.25) is 9.59 Å². The summed E-state index contributed by atoms with van der Waals surface area (Å²) in [6.45, 7) is 4.37. The van der Waals surface area contributed by atoms with E-state index >= 15 is 0 Å². The summed E-state index contributed by atoms with van der Waals surface area (Å²) in [7, 11) is 0. The lowest BCUT2D eigenvalue weighted by Crippen LogP contribution is -2.37. The number of hydrogen-bond acceptors (Lipinski definition) is 2. The van der Waals surface area contributed by atoms with Crippen molar-refractivity contribution in [2.45, 2.75) is 20.8 Å². The lowest BCUT2D eigenvalue weighted by molar-refractivity contribution is -0.120. The van der Waals surface area contributed by atoms with E-state index in [2.05, 4.69) is 10.6 Å². The lowest BCUT2D eigenvalue weighted by Gasteiger charge is -2.10. The van der Waals surface area contributed by atoms with E-state index in [1.165, 1.54) is 13.8 Å². The van der Waals surface area contributed by atoms with Crippen LogP contribution in [-0.4, -0.2) is 11.8 Å². The van der Waals surface area contributed by atoms with Crippen LogP contribution in [0.15, 0.2) is 0 Å². The monoisotopic (exact) mass is 143 g/mol. The first-order valence-corrected chi connectivity index (χ1v) is 2.91. The number of carbonyl (C=O) groups excluding carboxylic acids is 2. The Morgan fingerprint density at radius 3 is 1.40 bits per heavy atom. The van der Waals surface area contributed by atoms with Gasteiger partial charge in [0.05, 0.1) is 0 Å². The second kappa shape index (κ2) is 3.87. The summed E-state index contributed by atoms with van der Waals surface area (Å²) >= 11 is 0. The molecule has 0 unspecified atom stereocenters. The maximum Gasteiger partial charge on any atom is 0.218 e. The van der Waals surface area contributed by atoms with E-state index in [9.17, 15) is 9.59 Å². The van der Waals surface area contributed by atoms with Crippen molar-refractivity contribution in [2.75, 3.05) is 0 Å². The Kier molecular flexibility index (Phi) is 3.46. The van der Waals surface area contributed by atoms with E-state index in [1.54, 1.807) is 6.92 Å². The van der Waals surface area contributed by atoms with Crippen LogP contribution in [0, 0.1) is 6.17 Å². The van der Waals surface area contributed by atoms with E-state index < -0.39 is 0 Å². The highest BCUT2D eigenvalue weighted by Gasteiger charge is 2.03. The van der Waals surface area contributed by atoms with Crippen LogP contribution in [0.1, 0.15) is 20.8 Å². The minimum Gasteiger partial charge on any atom is -0.330 e. The molecule has 4 nitrogen and oxygen atoms in total.